The minimum atomic E-state index is 0. The zero-order valence-electron chi connectivity index (χ0n) is 11.5. The molecule has 0 aromatic rings. The summed E-state index contributed by atoms with van der Waals surface area (Å²) >= 11 is 18.9. The quantitative estimate of drug-likeness (QED) is 0.246. The second kappa shape index (κ2) is 13.1. The molecule has 0 amide bonds. The molecule has 2 saturated heterocycles. The first-order chi connectivity index (χ1) is 9.58. The number of thiocarbonyl (C=S) groups is 2. The van der Waals surface area contributed by atoms with Crippen molar-refractivity contribution in [1.82, 2.24) is 31.5 Å². The van der Waals surface area contributed by atoms with Gasteiger partial charge in [0.1, 0.15) is 0 Å². The van der Waals surface area contributed by atoms with E-state index in [0.717, 1.165) is 52.4 Å². The Morgan fingerprint density at radius 3 is 1.29 bits per heavy atom. The summed E-state index contributed by atoms with van der Waals surface area (Å²) in [7, 11) is 0. The molecule has 0 bridgehead atoms. The van der Waals surface area contributed by atoms with Crippen LogP contribution in [-0.4, -0.2) is 71.0 Å². The van der Waals surface area contributed by atoms with Gasteiger partial charge < -0.3 is 71.2 Å². The largest absolute Gasteiger partial charge is 2.00 e. The number of rotatable bonds is 2. The van der Waals surface area contributed by atoms with Crippen molar-refractivity contribution >= 4 is 58.3 Å². The van der Waals surface area contributed by atoms with Crippen LogP contribution in [0, 0.1) is 0 Å². The summed E-state index contributed by atoms with van der Waals surface area (Å²) in [5, 5.41) is 10.5. The molecule has 6 nitrogen and oxygen atoms in total. The van der Waals surface area contributed by atoms with Gasteiger partial charge in [-0.05, 0) is 8.64 Å². The first kappa shape index (κ1) is 21.6. The molecule has 2 heterocycles. The van der Waals surface area contributed by atoms with Crippen LogP contribution in [-0.2, 0) is 42.3 Å². The van der Waals surface area contributed by atoms with Crippen molar-refractivity contribution in [2.24, 2.45) is 0 Å². The third-order valence-corrected chi connectivity index (χ3v) is 3.10. The SMILES string of the molecule is S=C([S-])NN1CCNCC1.S=C([S-])NN1CCNCC1.[Fe+2]. The average Bonchev–Trinajstić information content (AvgIpc) is 2.40. The fraction of sp³-hybridized carbons (Fsp3) is 0.800. The van der Waals surface area contributed by atoms with E-state index >= 15 is 0 Å². The van der Waals surface area contributed by atoms with Gasteiger partial charge in [0.25, 0.3) is 0 Å². The Kier molecular flexibility index (Phi) is 13.4. The van der Waals surface area contributed by atoms with Gasteiger partial charge in [-0.25, -0.2) is 10.0 Å². The number of nitrogens with zero attached hydrogens (tertiary/aromatic N) is 2. The predicted molar refractivity (Wildman–Crippen MR) is 95.1 cm³/mol. The maximum Gasteiger partial charge on any atom is 2.00 e. The molecule has 0 aromatic heterocycles. The van der Waals surface area contributed by atoms with Gasteiger partial charge in [0.2, 0.25) is 0 Å². The summed E-state index contributed by atoms with van der Waals surface area (Å²) in [5.74, 6) is 0. The van der Waals surface area contributed by atoms with E-state index in [4.69, 9.17) is 49.7 Å². The van der Waals surface area contributed by atoms with E-state index in [0.29, 0.717) is 8.64 Å². The van der Waals surface area contributed by atoms with E-state index in [1.807, 2.05) is 10.0 Å². The summed E-state index contributed by atoms with van der Waals surface area (Å²) in [6.45, 7) is 7.90. The second-order valence-electron chi connectivity index (χ2n) is 4.27. The van der Waals surface area contributed by atoms with Crippen molar-refractivity contribution in [3.8, 4) is 0 Å². The minimum absolute atomic E-state index is 0. The zero-order valence-corrected chi connectivity index (χ0v) is 15.9. The van der Waals surface area contributed by atoms with Crippen molar-refractivity contribution in [2.75, 3.05) is 52.4 Å². The molecule has 2 aliphatic rings. The molecule has 11 heteroatoms. The number of hydrogen-bond donors (Lipinski definition) is 4. The summed E-state index contributed by atoms with van der Waals surface area (Å²) in [5.41, 5.74) is 5.84. The van der Waals surface area contributed by atoms with Crippen LogP contribution >= 0.6 is 24.4 Å². The standard InChI is InChI=1S/2C5H11N3S2.Fe/c2*9-5(10)7-8-3-1-6-2-4-8;/h2*6H,1-4H2,(H2,7,9,10);/q;;+2/p-2. The van der Waals surface area contributed by atoms with E-state index in [1.165, 1.54) is 0 Å². The Morgan fingerprint density at radius 1 is 0.762 bits per heavy atom. The molecule has 0 unspecified atom stereocenters. The first-order valence-corrected chi connectivity index (χ1v) is 8.08. The number of hydrogen-bond acceptors (Lipinski definition) is 8. The van der Waals surface area contributed by atoms with Gasteiger partial charge in [-0.15, -0.1) is 0 Å². The topological polar surface area (TPSA) is 54.6 Å². The first-order valence-electron chi connectivity index (χ1n) is 6.44. The van der Waals surface area contributed by atoms with Gasteiger partial charge in [0, 0.05) is 52.4 Å². The smallest absolute Gasteiger partial charge is 0.410 e. The average molecular weight is 408 g/mol. The van der Waals surface area contributed by atoms with Crippen molar-refractivity contribution in [2.45, 2.75) is 0 Å². The Morgan fingerprint density at radius 2 is 1.05 bits per heavy atom. The van der Waals surface area contributed by atoms with Gasteiger partial charge in [0.15, 0.2) is 0 Å². The van der Waals surface area contributed by atoms with Crippen molar-refractivity contribution < 1.29 is 17.1 Å². The van der Waals surface area contributed by atoms with Crippen LogP contribution in [0.4, 0.5) is 0 Å². The molecule has 21 heavy (non-hydrogen) atoms. The van der Waals surface area contributed by atoms with Crippen LogP contribution in [0.3, 0.4) is 0 Å². The molecule has 2 fully saturated rings. The second-order valence-corrected chi connectivity index (χ2v) is 6.42. The molecule has 2 aliphatic heterocycles. The maximum atomic E-state index is 4.72. The normalized spacial score (nSPS) is 19.4. The molecule has 0 atom stereocenters. The summed E-state index contributed by atoms with van der Waals surface area (Å²) in [6.07, 6.45) is 0. The van der Waals surface area contributed by atoms with Crippen molar-refractivity contribution in [3.63, 3.8) is 0 Å². The van der Waals surface area contributed by atoms with Crippen LogP contribution in [0.1, 0.15) is 0 Å². The molecule has 0 radical (unpaired) electrons. The molecule has 0 spiro atoms. The van der Waals surface area contributed by atoms with Gasteiger partial charge in [0.05, 0.1) is 0 Å². The molecule has 0 saturated carbocycles. The molecule has 2 rings (SSSR count). The zero-order chi connectivity index (χ0) is 14.8. The maximum absolute atomic E-state index is 4.72. The van der Waals surface area contributed by atoms with E-state index < -0.39 is 0 Å². The van der Waals surface area contributed by atoms with E-state index in [2.05, 4.69) is 21.5 Å². The van der Waals surface area contributed by atoms with Crippen LogP contribution < -0.4 is 21.5 Å². The predicted octanol–water partition coefficient (Wildman–Crippen LogP) is -1.55. The summed E-state index contributed by atoms with van der Waals surface area (Å²) in [6, 6.07) is 0. The fourth-order valence-corrected chi connectivity index (χ4v) is 2.33. The molecule has 122 valence electrons. The fourth-order valence-electron chi connectivity index (χ4n) is 1.81. The van der Waals surface area contributed by atoms with Crippen LogP contribution in [0.2, 0.25) is 0 Å². The van der Waals surface area contributed by atoms with Gasteiger partial charge in [-0.2, -0.15) is 0 Å². The Balaban J connectivity index is 0.000000364. The summed E-state index contributed by atoms with van der Waals surface area (Å²) in [4.78, 5) is 0. The van der Waals surface area contributed by atoms with Gasteiger partial charge >= 0.3 is 17.1 Å². The molecule has 0 aromatic carbocycles. The Bertz CT molecular complexity index is 280. The molecular formula is C10H20FeN6S4. The monoisotopic (exact) mass is 408 g/mol. The Hall–Kier alpha value is 0.579. The summed E-state index contributed by atoms with van der Waals surface area (Å²) < 4.78 is 0.865. The molecule has 4 N–H and O–H groups in total. The van der Waals surface area contributed by atoms with Crippen molar-refractivity contribution in [3.05, 3.63) is 0 Å². The number of piperazine rings is 2. The van der Waals surface area contributed by atoms with E-state index in [1.54, 1.807) is 0 Å². The Labute approximate surface area is 158 Å². The van der Waals surface area contributed by atoms with E-state index in [9.17, 15) is 0 Å². The van der Waals surface area contributed by atoms with Gasteiger partial charge in [-0.1, -0.05) is 0 Å². The third-order valence-electron chi connectivity index (χ3n) is 2.73. The third kappa shape index (κ3) is 11.8. The number of nitrogens with one attached hydrogen (secondary N) is 4. The van der Waals surface area contributed by atoms with Gasteiger partial charge in [-0.3, -0.25) is 0 Å². The van der Waals surface area contributed by atoms with Crippen molar-refractivity contribution in [1.29, 1.82) is 0 Å². The molecule has 0 aliphatic carbocycles. The molecular weight excluding hydrogens is 388 g/mol. The minimum Gasteiger partial charge on any atom is -0.410 e. The van der Waals surface area contributed by atoms with E-state index in [-0.39, 0.29) is 17.1 Å². The van der Waals surface area contributed by atoms with Crippen LogP contribution in [0.15, 0.2) is 0 Å². The number of hydrazine groups is 2. The van der Waals surface area contributed by atoms with Crippen LogP contribution in [0.25, 0.3) is 0 Å². The van der Waals surface area contributed by atoms with Crippen LogP contribution in [0.5, 0.6) is 0 Å².